The average molecular weight is 224 g/mol. The zero-order chi connectivity index (χ0) is 12.3. The number of aliphatic carboxylic acids is 1. The van der Waals surface area contributed by atoms with Gasteiger partial charge in [-0.25, -0.2) is 0 Å². The normalized spacial score (nSPS) is 12.0. The van der Waals surface area contributed by atoms with Crippen LogP contribution in [0.1, 0.15) is 24.0 Å². The first-order valence-corrected chi connectivity index (χ1v) is 4.97. The fraction of sp³-hybridized carbons (Fsp3) is 0.417. The Morgan fingerprint density at radius 1 is 1.25 bits per heavy atom. The van der Waals surface area contributed by atoms with Crippen LogP contribution in [0, 0.1) is 6.92 Å². The summed E-state index contributed by atoms with van der Waals surface area (Å²) in [6.07, 6.45) is 0. The van der Waals surface area contributed by atoms with Gasteiger partial charge in [-0.05, 0) is 31.5 Å². The highest BCUT2D eigenvalue weighted by Crippen LogP contribution is 2.35. The monoisotopic (exact) mass is 224 g/mol. The van der Waals surface area contributed by atoms with E-state index >= 15 is 0 Å². The van der Waals surface area contributed by atoms with Crippen LogP contribution >= 0.6 is 0 Å². The maximum Gasteiger partial charge on any atom is 0.310 e. The molecule has 0 spiro atoms. The largest absolute Gasteiger partial charge is 0.496 e. The van der Waals surface area contributed by atoms with Gasteiger partial charge in [-0.2, -0.15) is 0 Å². The Morgan fingerprint density at radius 2 is 1.75 bits per heavy atom. The standard InChI is InChI=1S/C12H16O4/c1-7-9(15-3)5-6-10(16-4)11(7)8(2)12(13)14/h5-6,8H,1-4H3,(H,13,14). The fourth-order valence-electron chi connectivity index (χ4n) is 1.74. The fourth-order valence-corrected chi connectivity index (χ4v) is 1.74. The smallest absolute Gasteiger partial charge is 0.310 e. The molecule has 0 saturated heterocycles. The van der Waals surface area contributed by atoms with Gasteiger partial charge >= 0.3 is 5.97 Å². The molecule has 1 rings (SSSR count). The average Bonchev–Trinajstić information content (AvgIpc) is 2.27. The molecule has 0 bridgehead atoms. The molecule has 0 aromatic heterocycles. The van der Waals surface area contributed by atoms with Crippen LogP contribution in [-0.2, 0) is 4.79 Å². The minimum atomic E-state index is -0.880. The third kappa shape index (κ3) is 2.10. The van der Waals surface area contributed by atoms with Gasteiger partial charge in [0.2, 0.25) is 0 Å². The molecule has 16 heavy (non-hydrogen) atoms. The van der Waals surface area contributed by atoms with Crippen LogP contribution in [0.5, 0.6) is 11.5 Å². The molecule has 4 nitrogen and oxygen atoms in total. The molecule has 0 heterocycles. The zero-order valence-corrected chi connectivity index (χ0v) is 9.90. The summed E-state index contributed by atoms with van der Waals surface area (Å²) >= 11 is 0. The zero-order valence-electron chi connectivity index (χ0n) is 9.90. The second kappa shape index (κ2) is 4.88. The molecule has 1 aromatic carbocycles. The van der Waals surface area contributed by atoms with Crippen molar-refractivity contribution >= 4 is 5.97 Å². The Morgan fingerprint density at radius 3 is 2.19 bits per heavy atom. The number of benzene rings is 1. The summed E-state index contributed by atoms with van der Waals surface area (Å²) in [6, 6.07) is 3.49. The van der Waals surface area contributed by atoms with Crippen LogP contribution in [-0.4, -0.2) is 25.3 Å². The highest BCUT2D eigenvalue weighted by molar-refractivity contribution is 5.78. The molecule has 1 aromatic rings. The maximum atomic E-state index is 11.0. The number of methoxy groups -OCH3 is 2. The lowest BCUT2D eigenvalue weighted by molar-refractivity contribution is -0.138. The molecular formula is C12H16O4. The Balaban J connectivity index is 3.37. The van der Waals surface area contributed by atoms with Gasteiger partial charge in [0, 0.05) is 5.56 Å². The molecular weight excluding hydrogens is 208 g/mol. The highest BCUT2D eigenvalue weighted by Gasteiger charge is 2.22. The molecule has 0 amide bonds. The second-order valence-corrected chi connectivity index (χ2v) is 3.57. The summed E-state index contributed by atoms with van der Waals surface area (Å²) in [5, 5.41) is 9.05. The Hall–Kier alpha value is -1.71. The molecule has 0 aliphatic rings. The summed E-state index contributed by atoms with van der Waals surface area (Å²) in [5.41, 5.74) is 1.46. The minimum Gasteiger partial charge on any atom is -0.496 e. The van der Waals surface area contributed by atoms with Gasteiger partial charge in [0.15, 0.2) is 0 Å². The van der Waals surface area contributed by atoms with E-state index in [-0.39, 0.29) is 0 Å². The number of hydrogen-bond donors (Lipinski definition) is 1. The van der Waals surface area contributed by atoms with Crippen molar-refractivity contribution in [1.82, 2.24) is 0 Å². The lowest BCUT2D eigenvalue weighted by atomic mass is 9.95. The van der Waals surface area contributed by atoms with Crippen molar-refractivity contribution in [2.75, 3.05) is 14.2 Å². The predicted octanol–water partition coefficient (Wildman–Crippen LogP) is 2.20. The van der Waals surface area contributed by atoms with Gasteiger partial charge in [0.1, 0.15) is 11.5 Å². The first-order valence-electron chi connectivity index (χ1n) is 4.97. The summed E-state index contributed by atoms with van der Waals surface area (Å²) in [7, 11) is 3.09. The van der Waals surface area contributed by atoms with Gasteiger partial charge in [-0.15, -0.1) is 0 Å². The van der Waals surface area contributed by atoms with Crippen molar-refractivity contribution in [2.24, 2.45) is 0 Å². The number of carboxylic acid groups (broad SMARTS) is 1. The lowest BCUT2D eigenvalue weighted by Gasteiger charge is -2.17. The topological polar surface area (TPSA) is 55.8 Å². The molecule has 88 valence electrons. The van der Waals surface area contributed by atoms with E-state index in [1.54, 1.807) is 26.2 Å². The molecule has 0 saturated carbocycles. The van der Waals surface area contributed by atoms with Crippen molar-refractivity contribution in [3.63, 3.8) is 0 Å². The SMILES string of the molecule is COc1ccc(OC)c(C(C)C(=O)O)c1C. The van der Waals surface area contributed by atoms with E-state index in [1.165, 1.54) is 7.11 Å². The predicted molar refractivity (Wildman–Crippen MR) is 60.3 cm³/mol. The summed E-state index contributed by atoms with van der Waals surface area (Å²) in [4.78, 5) is 11.0. The molecule has 1 unspecified atom stereocenters. The molecule has 0 radical (unpaired) electrons. The molecule has 4 heteroatoms. The van der Waals surface area contributed by atoms with E-state index < -0.39 is 11.9 Å². The molecule has 1 N–H and O–H groups in total. The van der Waals surface area contributed by atoms with Crippen molar-refractivity contribution < 1.29 is 19.4 Å². The Labute approximate surface area is 94.8 Å². The van der Waals surface area contributed by atoms with E-state index in [4.69, 9.17) is 14.6 Å². The summed E-state index contributed by atoms with van der Waals surface area (Å²) in [5.74, 6) is -0.253. The third-order valence-electron chi connectivity index (χ3n) is 2.67. The molecule has 0 fully saturated rings. The molecule has 0 aliphatic heterocycles. The van der Waals surface area contributed by atoms with Crippen LogP contribution in [0.15, 0.2) is 12.1 Å². The van der Waals surface area contributed by atoms with Gasteiger partial charge in [-0.3, -0.25) is 4.79 Å². The van der Waals surface area contributed by atoms with E-state index in [9.17, 15) is 4.79 Å². The van der Waals surface area contributed by atoms with Crippen LogP contribution in [0.4, 0.5) is 0 Å². The van der Waals surface area contributed by atoms with Crippen molar-refractivity contribution in [1.29, 1.82) is 0 Å². The lowest BCUT2D eigenvalue weighted by Crippen LogP contribution is -2.11. The van der Waals surface area contributed by atoms with Gasteiger partial charge in [0.25, 0.3) is 0 Å². The van der Waals surface area contributed by atoms with Crippen LogP contribution in [0.25, 0.3) is 0 Å². The van der Waals surface area contributed by atoms with Crippen LogP contribution in [0.2, 0.25) is 0 Å². The van der Waals surface area contributed by atoms with E-state index in [1.807, 2.05) is 6.92 Å². The molecule has 1 atom stereocenters. The van der Waals surface area contributed by atoms with Crippen molar-refractivity contribution in [3.05, 3.63) is 23.3 Å². The first kappa shape index (κ1) is 12.4. The number of ether oxygens (including phenoxy) is 2. The summed E-state index contributed by atoms with van der Waals surface area (Å²) < 4.78 is 10.3. The highest BCUT2D eigenvalue weighted by atomic mass is 16.5. The van der Waals surface area contributed by atoms with Gasteiger partial charge < -0.3 is 14.6 Å². The maximum absolute atomic E-state index is 11.0. The number of carbonyl (C=O) groups is 1. The van der Waals surface area contributed by atoms with Crippen molar-refractivity contribution in [3.8, 4) is 11.5 Å². The second-order valence-electron chi connectivity index (χ2n) is 3.57. The Bertz CT molecular complexity index is 398. The van der Waals surface area contributed by atoms with Gasteiger partial charge in [-0.1, -0.05) is 0 Å². The van der Waals surface area contributed by atoms with E-state index in [0.29, 0.717) is 17.1 Å². The van der Waals surface area contributed by atoms with Gasteiger partial charge in [0.05, 0.1) is 20.1 Å². The minimum absolute atomic E-state index is 0.577. The van der Waals surface area contributed by atoms with Crippen molar-refractivity contribution in [2.45, 2.75) is 19.8 Å². The number of rotatable bonds is 4. The molecule has 0 aliphatic carbocycles. The van der Waals surface area contributed by atoms with Crippen LogP contribution < -0.4 is 9.47 Å². The first-order chi connectivity index (χ1) is 7.52. The van der Waals surface area contributed by atoms with Crippen LogP contribution in [0.3, 0.4) is 0 Å². The van der Waals surface area contributed by atoms with E-state index in [0.717, 1.165) is 5.56 Å². The Kier molecular flexibility index (Phi) is 3.77. The summed E-state index contributed by atoms with van der Waals surface area (Å²) in [6.45, 7) is 3.46. The van der Waals surface area contributed by atoms with E-state index in [2.05, 4.69) is 0 Å². The third-order valence-corrected chi connectivity index (χ3v) is 2.67. The number of hydrogen-bond acceptors (Lipinski definition) is 3. The quantitative estimate of drug-likeness (QED) is 0.851. The number of carboxylic acids is 1.